The number of aliphatic hydroxyl groups is 1. The summed E-state index contributed by atoms with van der Waals surface area (Å²) in [5, 5.41) is 8.99. The highest BCUT2D eigenvalue weighted by atomic mass is 16.4. The molecule has 0 unspecified atom stereocenters. The molecule has 0 amide bonds. The number of rotatable bonds is 1. The minimum Gasteiger partial charge on any atom is -0.504 e. The Hall–Kier alpha value is -1.18. The van der Waals surface area contributed by atoms with Crippen LogP contribution in [0.5, 0.6) is 0 Å². The summed E-state index contributed by atoms with van der Waals surface area (Å²) in [5.74, 6) is 0.692. The van der Waals surface area contributed by atoms with Crippen molar-refractivity contribution in [2.45, 2.75) is 6.92 Å². The quantitative estimate of drug-likeness (QED) is 0.582. The van der Waals surface area contributed by atoms with E-state index >= 15 is 0 Å². The van der Waals surface area contributed by atoms with E-state index in [4.69, 9.17) is 9.52 Å². The molecule has 0 aliphatic carbocycles. The predicted octanol–water partition coefficient (Wildman–Crippen LogP) is 2.20. The first kappa shape index (κ1) is 5.95. The molecule has 0 aromatic carbocycles. The fourth-order valence-corrected chi connectivity index (χ4v) is 0.567. The number of hydrogen-bond donors (Lipinski definition) is 1. The Balaban J connectivity index is 2.90. The summed E-state index contributed by atoms with van der Waals surface area (Å²) in [6, 6.07) is 3.43. The molecule has 1 heterocycles. The summed E-state index contributed by atoms with van der Waals surface area (Å²) in [7, 11) is 0. The second kappa shape index (κ2) is 2.40. The third-order valence-electron chi connectivity index (χ3n) is 1.05. The molecule has 0 radical (unpaired) electrons. The van der Waals surface area contributed by atoms with Gasteiger partial charge in [-0.3, -0.25) is 0 Å². The van der Waals surface area contributed by atoms with E-state index in [2.05, 4.69) is 0 Å². The Morgan fingerprint density at radius 1 is 1.78 bits per heavy atom. The zero-order valence-corrected chi connectivity index (χ0v) is 5.16. The molecule has 9 heavy (non-hydrogen) atoms. The number of aliphatic hydroxyl groups excluding tert-OH is 1. The Morgan fingerprint density at radius 2 is 2.56 bits per heavy atom. The van der Waals surface area contributed by atoms with Gasteiger partial charge in [-0.15, -0.1) is 0 Å². The van der Waals surface area contributed by atoms with Gasteiger partial charge < -0.3 is 9.52 Å². The summed E-state index contributed by atoms with van der Waals surface area (Å²) >= 11 is 0. The molecule has 0 saturated carbocycles. The van der Waals surface area contributed by atoms with Crippen LogP contribution in [0, 0.1) is 0 Å². The van der Waals surface area contributed by atoms with Crippen molar-refractivity contribution in [3.8, 4) is 0 Å². The van der Waals surface area contributed by atoms with Gasteiger partial charge in [-0.25, -0.2) is 0 Å². The Morgan fingerprint density at radius 3 is 3.00 bits per heavy atom. The molecule has 1 N–H and O–H groups in total. The summed E-state index contributed by atoms with van der Waals surface area (Å²) in [4.78, 5) is 0. The van der Waals surface area contributed by atoms with Crippen LogP contribution >= 0.6 is 0 Å². The van der Waals surface area contributed by atoms with Gasteiger partial charge >= 0.3 is 0 Å². The first-order valence-corrected chi connectivity index (χ1v) is 2.73. The Bertz CT molecular complexity index is 197. The maximum absolute atomic E-state index is 8.99. The van der Waals surface area contributed by atoms with E-state index in [9.17, 15) is 0 Å². The van der Waals surface area contributed by atoms with Crippen molar-refractivity contribution in [1.29, 1.82) is 0 Å². The van der Waals surface area contributed by atoms with Gasteiger partial charge in [0.05, 0.1) is 6.26 Å². The molecule has 0 aliphatic rings. The lowest BCUT2D eigenvalue weighted by Gasteiger charge is -1.88. The lowest BCUT2D eigenvalue weighted by Crippen LogP contribution is -1.74. The van der Waals surface area contributed by atoms with E-state index in [-0.39, 0.29) is 5.76 Å². The lowest BCUT2D eigenvalue weighted by atomic mass is 10.4. The topological polar surface area (TPSA) is 33.4 Å². The first-order chi connectivity index (χ1) is 4.34. The normalized spacial score (nSPS) is 11.9. The van der Waals surface area contributed by atoms with Gasteiger partial charge in [-0.1, -0.05) is 0 Å². The molecule has 0 bridgehead atoms. The predicted molar refractivity (Wildman–Crippen MR) is 35.0 cm³/mol. The molecule has 0 spiro atoms. The van der Waals surface area contributed by atoms with E-state index < -0.39 is 0 Å². The fourth-order valence-electron chi connectivity index (χ4n) is 0.567. The molecule has 48 valence electrons. The zero-order valence-electron chi connectivity index (χ0n) is 5.16. The molecule has 0 saturated heterocycles. The molecular weight excluding hydrogens is 116 g/mol. The number of furan rings is 1. The van der Waals surface area contributed by atoms with Crippen LogP contribution in [-0.2, 0) is 0 Å². The van der Waals surface area contributed by atoms with Crippen molar-refractivity contribution in [2.75, 3.05) is 0 Å². The number of allylic oxidation sites excluding steroid dienone is 1. The SMILES string of the molecule is CC=C(O)c1ccco1. The molecule has 1 rings (SSSR count). The van der Waals surface area contributed by atoms with Crippen LogP contribution in [0.2, 0.25) is 0 Å². The maximum atomic E-state index is 8.99. The minimum atomic E-state index is 0.181. The smallest absolute Gasteiger partial charge is 0.167 e. The van der Waals surface area contributed by atoms with Gasteiger partial charge in [0.1, 0.15) is 0 Å². The van der Waals surface area contributed by atoms with Crippen LogP contribution in [0.1, 0.15) is 12.7 Å². The number of hydrogen-bond acceptors (Lipinski definition) is 2. The van der Waals surface area contributed by atoms with Crippen LogP contribution in [0.4, 0.5) is 0 Å². The maximum Gasteiger partial charge on any atom is 0.167 e. The van der Waals surface area contributed by atoms with Crippen molar-refractivity contribution < 1.29 is 9.52 Å². The Labute approximate surface area is 53.4 Å². The van der Waals surface area contributed by atoms with Crippen LogP contribution < -0.4 is 0 Å². The first-order valence-electron chi connectivity index (χ1n) is 2.73. The van der Waals surface area contributed by atoms with Crippen molar-refractivity contribution in [3.05, 3.63) is 30.2 Å². The zero-order chi connectivity index (χ0) is 6.69. The van der Waals surface area contributed by atoms with Crippen LogP contribution in [0.3, 0.4) is 0 Å². The van der Waals surface area contributed by atoms with Gasteiger partial charge in [0.25, 0.3) is 0 Å². The molecule has 0 fully saturated rings. The molecule has 0 atom stereocenters. The van der Waals surface area contributed by atoms with Crippen LogP contribution in [0.25, 0.3) is 5.76 Å². The fraction of sp³-hybridized carbons (Fsp3) is 0.143. The molecule has 1 aromatic heterocycles. The van der Waals surface area contributed by atoms with E-state index in [0.29, 0.717) is 5.76 Å². The molecule has 0 aliphatic heterocycles. The third-order valence-corrected chi connectivity index (χ3v) is 1.05. The second-order valence-corrected chi connectivity index (χ2v) is 1.65. The standard InChI is InChI=1S/C7H8O2/c1-2-6(8)7-4-3-5-9-7/h2-5,8H,1H3. The van der Waals surface area contributed by atoms with E-state index in [1.165, 1.54) is 6.26 Å². The highest BCUT2D eigenvalue weighted by Crippen LogP contribution is 2.09. The average molecular weight is 124 g/mol. The van der Waals surface area contributed by atoms with E-state index in [1.54, 1.807) is 25.1 Å². The van der Waals surface area contributed by atoms with Gasteiger partial charge in [0.15, 0.2) is 11.5 Å². The monoisotopic (exact) mass is 124 g/mol. The molecule has 1 aromatic rings. The molecule has 2 nitrogen and oxygen atoms in total. The summed E-state index contributed by atoms with van der Waals surface area (Å²) in [6.07, 6.45) is 3.11. The minimum absolute atomic E-state index is 0.181. The van der Waals surface area contributed by atoms with Gasteiger partial charge in [0.2, 0.25) is 0 Å². The average Bonchev–Trinajstić information content (AvgIpc) is 2.37. The summed E-state index contributed by atoms with van der Waals surface area (Å²) in [6.45, 7) is 1.75. The highest BCUT2D eigenvalue weighted by Gasteiger charge is 1.96. The lowest BCUT2D eigenvalue weighted by molar-refractivity contribution is 0.458. The van der Waals surface area contributed by atoms with Crippen LogP contribution in [0.15, 0.2) is 28.9 Å². The van der Waals surface area contributed by atoms with Crippen molar-refractivity contribution >= 4 is 5.76 Å². The summed E-state index contributed by atoms with van der Waals surface area (Å²) in [5.41, 5.74) is 0. The largest absolute Gasteiger partial charge is 0.504 e. The van der Waals surface area contributed by atoms with Gasteiger partial charge in [-0.05, 0) is 25.1 Å². The van der Waals surface area contributed by atoms with Gasteiger partial charge in [0, 0.05) is 0 Å². The Kier molecular flexibility index (Phi) is 1.58. The second-order valence-electron chi connectivity index (χ2n) is 1.65. The van der Waals surface area contributed by atoms with Crippen molar-refractivity contribution in [3.63, 3.8) is 0 Å². The molecular formula is C7H8O2. The molecule has 2 heteroatoms. The summed E-state index contributed by atoms with van der Waals surface area (Å²) < 4.78 is 4.87. The van der Waals surface area contributed by atoms with E-state index in [1.807, 2.05) is 0 Å². The van der Waals surface area contributed by atoms with Crippen molar-refractivity contribution in [1.82, 2.24) is 0 Å². The third kappa shape index (κ3) is 1.13. The van der Waals surface area contributed by atoms with E-state index in [0.717, 1.165) is 0 Å². The van der Waals surface area contributed by atoms with Crippen molar-refractivity contribution in [2.24, 2.45) is 0 Å². The van der Waals surface area contributed by atoms with Crippen LogP contribution in [-0.4, -0.2) is 5.11 Å². The highest BCUT2D eigenvalue weighted by molar-refractivity contribution is 5.51. The van der Waals surface area contributed by atoms with Gasteiger partial charge in [-0.2, -0.15) is 0 Å².